The van der Waals surface area contributed by atoms with E-state index >= 15 is 0 Å². The molecular formula is C13H25N3OS. The van der Waals surface area contributed by atoms with Crippen LogP contribution in [0.15, 0.2) is 6.20 Å². The fraction of sp³-hybridized carbons (Fsp3) is 0.769. The molecule has 0 spiro atoms. The summed E-state index contributed by atoms with van der Waals surface area (Å²) in [6, 6.07) is 0.441. The molecule has 0 bridgehead atoms. The molecule has 104 valence electrons. The molecule has 0 amide bonds. The van der Waals surface area contributed by atoms with Crippen LogP contribution in [-0.2, 0) is 6.54 Å². The number of thiazole rings is 1. The van der Waals surface area contributed by atoms with Gasteiger partial charge in [0.1, 0.15) is 0 Å². The minimum absolute atomic E-state index is 0.276. The lowest BCUT2D eigenvalue weighted by molar-refractivity contribution is 0.276. The van der Waals surface area contributed by atoms with Gasteiger partial charge in [-0.15, -0.1) is 11.3 Å². The summed E-state index contributed by atoms with van der Waals surface area (Å²) in [4.78, 5) is 8.00. The molecule has 1 unspecified atom stereocenters. The van der Waals surface area contributed by atoms with E-state index in [9.17, 15) is 0 Å². The van der Waals surface area contributed by atoms with Crippen LogP contribution in [0, 0.1) is 0 Å². The Hall–Kier alpha value is -0.650. The van der Waals surface area contributed by atoms with E-state index in [-0.39, 0.29) is 6.61 Å². The van der Waals surface area contributed by atoms with Crippen LogP contribution >= 0.6 is 11.3 Å². The van der Waals surface area contributed by atoms with E-state index in [0.717, 1.165) is 37.6 Å². The first kappa shape index (κ1) is 15.4. The van der Waals surface area contributed by atoms with E-state index in [0.29, 0.717) is 6.04 Å². The van der Waals surface area contributed by atoms with Gasteiger partial charge in [-0.1, -0.05) is 0 Å². The van der Waals surface area contributed by atoms with Crippen molar-refractivity contribution in [3.63, 3.8) is 0 Å². The van der Waals surface area contributed by atoms with Gasteiger partial charge in [0.05, 0.1) is 0 Å². The predicted molar refractivity (Wildman–Crippen MR) is 78.3 cm³/mol. The summed E-state index contributed by atoms with van der Waals surface area (Å²) in [5.74, 6) is 0. The summed E-state index contributed by atoms with van der Waals surface area (Å²) in [6.07, 6.45) is 3.84. The Balaban J connectivity index is 2.39. The van der Waals surface area contributed by atoms with Gasteiger partial charge in [0.25, 0.3) is 0 Å². The van der Waals surface area contributed by atoms with Crippen molar-refractivity contribution in [2.75, 3.05) is 24.6 Å². The van der Waals surface area contributed by atoms with Crippen LogP contribution < -0.4 is 10.2 Å². The molecule has 4 nitrogen and oxygen atoms in total. The SMILES string of the molecule is CCN(CC)c1ncc(CNC(C)CCCO)s1. The van der Waals surface area contributed by atoms with Crippen molar-refractivity contribution in [2.24, 2.45) is 0 Å². The first-order valence-electron chi connectivity index (χ1n) is 6.75. The number of hydrogen-bond donors (Lipinski definition) is 2. The molecule has 0 aliphatic rings. The predicted octanol–water partition coefficient (Wildman–Crippen LogP) is 2.24. The van der Waals surface area contributed by atoms with Crippen LogP contribution in [0.5, 0.6) is 0 Å². The molecule has 0 saturated heterocycles. The zero-order chi connectivity index (χ0) is 13.4. The fourth-order valence-electron chi connectivity index (χ4n) is 1.79. The Morgan fingerprint density at radius 3 is 2.78 bits per heavy atom. The lowest BCUT2D eigenvalue weighted by atomic mass is 10.2. The summed E-state index contributed by atoms with van der Waals surface area (Å²) in [5, 5.41) is 13.4. The number of aliphatic hydroxyl groups excluding tert-OH is 1. The second-order valence-corrected chi connectivity index (χ2v) is 5.52. The number of aliphatic hydroxyl groups is 1. The van der Waals surface area contributed by atoms with Gasteiger partial charge in [-0.05, 0) is 33.6 Å². The number of rotatable bonds is 9. The second kappa shape index (κ2) is 8.45. The molecule has 0 fully saturated rings. The Morgan fingerprint density at radius 2 is 2.17 bits per heavy atom. The van der Waals surface area contributed by atoms with Crippen LogP contribution in [0.25, 0.3) is 0 Å². The van der Waals surface area contributed by atoms with Gasteiger partial charge in [-0.2, -0.15) is 0 Å². The monoisotopic (exact) mass is 271 g/mol. The average Bonchev–Trinajstić information content (AvgIpc) is 2.84. The third-order valence-electron chi connectivity index (χ3n) is 3.00. The number of nitrogens with one attached hydrogen (secondary N) is 1. The van der Waals surface area contributed by atoms with Crippen LogP contribution in [0.2, 0.25) is 0 Å². The molecule has 1 aromatic heterocycles. The third-order valence-corrected chi connectivity index (χ3v) is 4.05. The van der Waals surface area contributed by atoms with Crippen molar-refractivity contribution in [1.82, 2.24) is 10.3 Å². The lowest BCUT2D eigenvalue weighted by Gasteiger charge is -2.16. The van der Waals surface area contributed by atoms with Crippen LogP contribution in [0.3, 0.4) is 0 Å². The maximum absolute atomic E-state index is 8.78. The quantitative estimate of drug-likeness (QED) is 0.723. The van der Waals surface area contributed by atoms with Crippen LogP contribution in [-0.4, -0.2) is 35.8 Å². The van der Waals surface area contributed by atoms with E-state index in [1.165, 1.54) is 4.88 Å². The molecule has 1 rings (SSSR count). The minimum atomic E-state index is 0.276. The van der Waals surface area contributed by atoms with Gasteiger partial charge in [0.15, 0.2) is 5.13 Å². The number of nitrogens with zero attached hydrogens (tertiary/aromatic N) is 2. The van der Waals surface area contributed by atoms with Gasteiger partial charge in [0.2, 0.25) is 0 Å². The van der Waals surface area contributed by atoms with E-state index in [1.807, 2.05) is 6.20 Å². The number of anilines is 1. The highest BCUT2D eigenvalue weighted by molar-refractivity contribution is 7.15. The summed E-state index contributed by atoms with van der Waals surface area (Å²) in [7, 11) is 0. The van der Waals surface area contributed by atoms with Crippen LogP contribution in [0.4, 0.5) is 5.13 Å². The Bertz CT molecular complexity index is 326. The van der Waals surface area contributed by atoms with Crippen molar-refractivity contribution in [3.05, 3.63) is 11.1 Å². The third kappa shape index (κ3) is 4.92. The van der Waals surface area contributed by atoms with Crippen molar-refractivity contribution < 1.29 is 5.11 Å². The first-order chi connectivity index (χ1) is 8.71. The molecule has 1 atom stereocenters. The van der Waals surface area contributed by atoms with E-state index in [2.05, 4.69) is 36.0 Å². The van der Waals surface area contributed by atoms with E-state index < -0.39 is 0 Å². The van der Waals surface area contributed by atoms with Gasteiger partial charge in [0, 0.05) is 43.4 Å². The second-order valence-electron chi connectivity index (χ2n) is 4.43. The summed E-state index contributed by atoms with van der Waals surface area (Å²) in [6.45, 7) is 9.61. The van der Waals surface area contributed by atoms with Gasteiger partial charge < -0.3 is 15.3 Å². The maximum atomic E-state index is 8.78. The Labute approximate surface area is 114 Å². The van der Waals surface area contributed by atoms with Gasteiger partial charge >= 0.3 is 0 Å². The summed E-state index contributed by atoms with van der Waals surface area (Å²) in [5.41, 5.74) is 0. The Kier molecular flexibility index (Phi) is 7.23. The molecule has 1 aromatic rings. The topological polar surface area (TPSA) is 48.4 Å². The first-order valence-corrected chi connectivity index (χ1v) is 7.56. The van der Waals surface area contributed by atoms with Crippen molar-refractivity contribution in [2.45, 2.75) is 46.2 Å². The number of hydrogen-bond acceptors (Lipinski definition) is 5. The molecule has 0 aliphatic heterocycles. The summed E-state index contributed by atoms with van der Waals surface area (Å²) < 4.78 is 0. The van der Waals surface area contributed by atoms with Crippen LogP contribution in [0.1, 0.15) is 38.5 Å². The molecule has 0 saturated carbocycles. The summed E-state index contributed by atoms with van der Waals surface area (Å²) >= 11 is 1.76. The Morgan fingerprint density at radius 1 is 1.44 bits per heavy atom. The largest absolute Gasteiger partial charge is 0.396 e. The van der Waals surface area contributed by atoms with E-state index in [1.54, 1.807) is 11.3 Å². The highest BCUT2D eigenvalue weighted by Gasteiger charge is 2.08. The van der Waals surface area contributed by atoms with Gasteiger partial charge in [-0.25, -0.2) is 4.98 Å². The van der Waals surface area contributed by atoms with E-state index in [4.69, 9.17) is 5.11 Å². The molecule has 0 aromatic carbocycles. The van der Waals surface area contributed by atoms with Gasteiger partial charge in [-0.3, -0.25) is 0 Å². The fourth-order valence-corrected chi connectivity index (χ4v) is 2.78. The van der Waals surface area contributed by atoms with Crippen molar-refractivity contribution >= 4 is 16.5 Å². The standard InChI is InChI=1S/C13H25N3OS/c1-4-16(5-2)13-15-10-12(18-13)9-14-11(3)7-6-8-17/h10-11,14,17H,4-9H2,1-3H3. The highest BCUT2D eigenvalue weighted by atomic mass is 32.1. The molecule has 0 radical (unpaired) electrons. The maximum Gasteiger partial charge on any atom is 0.185 e. The number of aromatic nitrogens is 1. The van der Waals surface area contributed by atoms with Crippen molar-refractivity contribution in [3.8, 4) is 0 Å². The van der Waals surface area contributed by atoms with Crippen molar-refractivity contribution in [1.29, 1.82) is 0 Å². The zero-order valence-corrected chi connectivity index (χ0v) is 12.5. The zero-order valence-electron chi connectivity index (χ0n) is 11.6. The highest BCUT2D eigenvalue weighted by Crippen LogP contribution is 2.22. The molecule has 1 heterocycles. The smallest absolute Gasteiger partial charge is 0.185 e. The normalized spacial score (nSPS) is 12.7. The molecule has 5 heteroatoms. The average molecular weight is 271 g/mol. The lowest BCUT2D eigenvalue weighted by Crippen LogP contribution is -2.25. The molecule has 0 aliphatic carbocycles. The molecule has 18 heavy (non-hydrogen) atoms. The minimum Gasteiger partial charge on any atom is -0.396 e. The molecule has 2 N–H and O–H groups in total. The molecular weight excluding hydrogens is 246 g/mol.